The molecule has 0 aromatic carbocycles. The van der Waals surface area contributed by atoms with Crippen LogP contribution in [0.2, 0.25) is 0 Å². The van der Waals surface area contributed by atoms with Gasteiger partial charge in [0.25, 0.3) is 0 Å². The van der Waals surface area contributed by atoms with Gasteiger partial charge in [-0.1, -0.05) is 0 Å². The van der Waals surface area contributed by atoms with Gasteiger partial charge in [-0.2, -0.15) is 0 Å². The first-order chi connectivity index (χ1) is 6.38. The minimum absolute atomic E-state index is 0.474. The first-order valence-electron chi connectivity index (χ1n) is 4.47. The lowest BCUT2D eigenvalue weighted by Gasteiger charge is -2.18. The van der Waals surface area contributed by atoms with E-state index in [1.807, 2.05) is 13.0 Å². The van der Waals surface area contributed by atoms with Gasteiger partial charge in [0, 0.05) is 12.7 Å². The lowest BCUT2D eigenvalue weighted by molar-refractivity contribution is 0.0944. The molecule has 78 valence electrons. The quantitative estimate of drug-likeness (QED) is 0.875. The Labute approximate surface area is 92.7 Å². The summed E-state index contributed by atoms with van der Waals surface area (Å²) in [5.41, 5.74) is 0.372. The molecule has 0 saturated heterocycles. The van der Waals surface area contributed by atoms with Crippen LogP contribution in [-0.2, 0) is 0 Å². The number of hydrogen-bond acceptors (Lipinski definition) is 3. The number of aryl methyl sites for hydroxylation is 1. The minimum Gasteiger partial charge on any atom is -0.389 e. The van der Waals surface area contributed by atoms with Crippen molar-refractivity contribution in [3.63, 3.8) is 0 Å². The molecule has 2 N–H and O–H groups in total. The summed E-state index contributed by atoms with van der Waals surface area (Å²) in [6, 6.07) is 1.99. The molecule has 0 amide bonds. The molecule has 1 heterocycles. The first kappa shape index (κ1) is 11.5. The van der Waals surface area contributed by atoms with E-state index >= 15 is 0 Å². The van der Waals surface area contributed by atoms with Gasteiger partial charge in [-0.3, -0.25) is 0 Å². The second-order valence-corrected chi connectivity index (χ2v) is 4.86. The van der Waals surface area contributed by atoms with Crippen molar-refractivity contribution in [2.24, 2.45) is 0 Å². The zero-order valence-electron chi connectivity index (χ0n) is 8.63. The SMILES string of the molecule is Cc1cnc(NCC(C)(C)O)c(Br)c1. The molecule has 0 saturated carbocycles. The Morgan fingerprint density at radius 1 is 1.57 bits per heavy atom. The highest BCUT2D eigenvalue weighted by molar-refractivity contribution is 9.10. The van der Waals surface area contributed by atoms with E-state index in [2.05, 4.69) is 26.2 Å². The third-order valence-corrected chi connectivity index (χ3v) is 2.27. The summed E-state index contributed by atoms with van der Waals surface area (Å²) in [4.78, 5) is 4.21. The fourth-order valence-electron chi connectivity index (χ4n) is 0.964. The molecule has 0 unspecified atom stereocenters. The van der Waals surface area contributed by atoms with Crippen LogP contribution in [0.15, 0.2) is 16.7 Å². The van der Waals surface area contributed by atoms with Gasteiger partial charge in [-0.25, -0.2) is 4.98 Å². The topological polar surface area (TPSA) is 45.2 Å². The molecule has 0 aliphatic rings. The maximum Gasteiger partial charge on any atom is 0.140 e. The maximum absolute atomic E-state index is 9.52. The minimum atomic E-state index is -0.730. The van der Waals surface area contributed by atoms with Crippen LogP contribution in [0.4, 0.5) is 5.82 Å². The van der Waals surface area contributed by atoms with Crippen molar-refractivity contribution in [2.75, 3.05) is 11.9 Å². The average Bonchev–Trinajstić information content (AvgIpc) is 2.00. The highest BCUT2D eigenvalue weighted by atomic mass is 79.9. The van der Waals surface area contributed by atoms with Gasteiger partial charge in [-0.05, 0) is 48.3 Å². The third-order valence-electron chi connectivity index (χ3n) is 1.67. The van der Waals surface area contributed by atoms with Gasteiger partial charge in [-0.15, -0.1) is 0 Å². The van der Waals surface area contributed by atoms with E-state index in [0.29, 0.717) is 6.54 Å². The number of hydrogen-bond donors (Lipinski definition) is 2. The average molecular weight is 259 g/mol. The Morgan fingerprint density at radius 3 is 2.71 bits per heavy atom. The smallest absolute Gasteiger partial charge is 0.140 e. The number of aromatic nitrogens is 1. The van der Waals surface area contributed by atoms with Crippen LogP contribution in [0, 0.1) is 6.92 Å². The number of pyridine rings is 1. The predicted molar refractivity (Wildman–Crippen MR) is 61.5 cm³/mol. The van der Waals surface area contributed by atoms with Crippen molar-refractivity contribution in [1.82, 2.24) is 4.98 Å². The Morgan fingerprint density at radius 2 is 2.21 bits per heavy atom. The van der Waals surface area contributed by atoms with E-state index < -0.39 is 5.60 Å². The molecule has 0 bridgehead atoms. The van der Waals surface area contributed by atoms with Gasteiger partial charge in [0.15, 0.2) is 0 Å². The second-order valence-electron chi connectivity index (χ2n) is 4.01. The molecule has 1 aromatic heterocycles. The monoisotopic (exact) mass is 258 g/mol. The lowest BCUT2D eigenvalue weighted by atomic mass is 10.1. The summed E-state index contributed by atoms with van der Waals surface area (Å²) < 4.78 is 0.918. The summed E-state index contributed by atoms with van der Waals surface area (Å²) in [7, 11) is 0. The zero-order valence-corrected chi connectivity index (χ0v) is 10.2. The molecule has 1 rings (SSSR count). The summed E-state index contributed by atoms with van der Waals surface area (Å²) >= 11 is 3.41. The Hall–Kier alpha value is -0.610. The van der Waals surface area contributed by atoms with Crippen molar-refractivity contribution in [2.45, 2.75) is 26.4 Å². The van der Waals surface area contributed by atoms with Crippen LogP contribution in [0.3, 0.4) is 0 Å². The molecule has 0 spiro atoms. The van der Waals surface area contributed by atoms with Crippen molar-refractivity contribution >= 4 is 21.7 Å². The van der Waals surface area contributed by atoms with Crippen LogP contribution < -0.4 is 5.32 Å². The molecule has 1 aromatic rings. The molecule has 0 fully saturated rings. The molecule has 0 radical (unpaired) electrons. The Bertz CT molecular complexity index is 320. The van der Waals surface area contributed by atoms with Gasteiger partial charge < -0.3 is 10.4 Å². The van der Waals surface area contributed by atoms with Crippen LogP contribution in [0.25, 0.3) is 0 Å². The maximum atomic E-state index is 9.52. The van der Waals surface area contributed by atoms with Gasteiger partial charge in [0.05, 0.1) is 10.1 Å². The van der Waals surface area contributed by atoms with E-state index in [-0.39, 0.29) is 0 Å². The van der Waals surface area contributed by atoms with E-state index in [4.69, 9.17) is 0 Å². The van der Waals surface area contributed by atoms with E-state index in [1.165, 1.54) is 0 Å². The lowest BCUT2D eigenvalue weighted by Crippen LogP contribution is -2.29. The largest absolute Gasteiger partial charge is 0.389 e. The van der Waals surface area contributed by atoms with Crippen molar-refractivity contribution in [1.29, 1.82) is 0 Å². The first-order valence-corrected chi connectivity index (χ1v) is 5.26. The number of nitrogens with zero attached hydrogens (tertiary/aromatic N) is 1. The van der Waals surface area contributed by atoms with Crippen molar-refractivity contribution in [3.05, 3.63) is 22.3 Å². The van der Waals surface area contributed by atoms with Gasteiger partial charge in [0.1, 0.15) is 5.82 Å². The van der Waals surface area contributed by atoms with Crippen LogP contribution in [0.5, 0.6) is 0 Å². The standard InChI is InChI=1S/C10H15BrN2O/c1-7-4-8(11)9(12-5-7)13-6-10(2,3)14/h4-5,14H,6H2,1-3H3,(H,12,13). The molecule has 4 heteroatoms. The molecular weight excluding hydrogens is 244 g/mol. The Kier molecular flexibility index (Phi) is 3.50. The molecular formula is C10H15BrN2O. The highest BCUT2D eigenvalue weighted by Crippen LogP contribution is 2.20. The molecule has 0 aliphatic carbocycles. The van der Waals surface area contributed by atoms with E-state index in [9.17, 15) is 5.11 Å². The summed E-state index contributed by atoms with van der Waals surface area (Å²) in [6.45, 7) is 5.96. The van der Waals surface area contributed by atoms with Crippen LogP contribution in [0.1, 0.15) is 19.4 Å². The van der Waals surface area contributed by atoms with E-state index in [1.54, 1.807) is 20.0 Å². The van der Waals surface area contributed by atoms with E-state index in [0.717, 1.165) is 15.9 Å². The molecule has 0 aliphatic heterocycles. The fourth-order valence-corrected chi connectivity index (χ4v) is 1.57. The van der Waals surface area contributed by atoms with Crippen LogP contribution >= 0.6 is 15.9 Å². The summed E-state index contributed by atoms with van der Waals surface area (Å²) in [5, 5.41) is 12.6. The fraction of sp³-hybridized carbons (Fsp3) is 0.500. The summed E-state index contributed by atoms with van der Waals surface area (Å²) in [6.07, 6.45) is 1.79. The number of aliphatic hydroxyl groups is 1. The number of halogens is 1. The predicted octanol–water partition coefficient (Wildman–Crippen LogP) is 2.34. The highest BCUT2D eigenvalue weighted by Gasteiger charge is 2.12. The van der Waals surface area contributed by atoms with Gasteiger partial charge in [0.2, 0.25) is 0 Å². The second kappa shape index (κ2) is 4.28. The van der Waals surface area contributed by atoms with Crippen LogP contribution in [-0.4, -0.2) is 22.2 Å². The number of anilines is 1. The van der Waals surface area contributed by atoms with Crippen molar-refractivity contribution in [3.8, 4) is 0 Å². The third kappa shape index (κ3) is 3.64. The number of rotatable bonds is 3. The number of nitrogens with one attached hydrogen (secondary N) is 1. The normalized spacial score (nSPS) is 11.5. The van der Waals surface area contributed by atoms with Crippen molar-refractivity contribution < 1.29 is 5.11 Å². The molecule has 14 heavy (non-hydrogen) atoms. The molecule has 3 nitrogen and oxygen atoms in total. The zero-order chi connectivity index (χ0) is 10.8. The summed E-state index contributed by atoms with van der Waals surface area (Å²) in [5.74, 6) is 0.762. The Balaban J connectivity index is 2.68. The van der Waals surface area contributed by atoms with Gasteiger partial charge >= 0.3 is 0 Å². The molecule has 0 atom stereocenters.